The van der Waals surface area contributed by atoms with Crippen LogP contribution in [0.25, 0.3) is 33.5 Å². The molecule has 2 heterocycles. The van der Waals surface area contributed by atoms with Crippen LogP contribution in [0.5, 0.6) is 17.2 Å². The monoisotopic (exact) mass is 639 g/mol. The third-order valence-corrected chi connectivity index (χ3v) is 6.51. The summed E-state index contributed by atoms with van der Waals surface area (Å²) in [5, 5.41) is 14.6. The molecule has 10 nitrogen and oxygen atoms in total. The van der Waals surface area contributed by atoms with Crippen LogP contribution >= 0.6 is 22.6 Å². The Morgan fingerprint density at radius 1 is 1.10 bits per heavy atom. The minimum atomic E-state index is -1.10. The lowest BCUT2D eigenvalue weighted by molar-refractivity contribution is -0.139. The number of hydrogen-bond acceptors (Lipinski definition) is 8. The van der Waals surface area contributed by atoms with Crippen LogP contribution in [0.1, 0.15) is 12.5 Å². The van der Waals surface area contributed by atoms with Crippen LogP contribution < -0.4 is 19.8 Å². The van der Waals surface area contributed by atoms with Gasteiger partial charge in [0.1, 0.15) is 11.3 Å². The Balaban J connectivity index is 1.64. The van der Waals surface area contributed by atoms with Gasteiger partial charge in [-0.3, -0.25) is 4.79 Å². The van der Waals surface area contributed by atoms with Crippen molar-refractivity contribution in [3.63, 3.8) is 0 Å². The number of benzene rings is 3. The van der Waals surface area contributed by atoms with Crippen molar-refractivity contribution in [2.24, 2.45) is 5.10 Å². The zero-order valence-corrected chi connectivity index (χ0v) is 23.0. The fourth-order valence-electron chi connectivity index (χ4n) is 4.04. The maximum Gasteiger partial charge on any atom is 0.341 e. The highest BCUT2D eigenvalue weighted by atomic mass is 127. The van der Waals surface area contributed by atoms with Crippen molar-refractivity contribution in [1.29, 1.82) is 0 Å². The Morgan fingerprint density at radius 2 is 1.92 bits per heavy atom. The first kappa shape index (κ1) is 26.2. The highest BCUT2D eigenvalue weighted by Gasteiger charge is 2.18. The van der Waals surface area contributed by atoms with Gasteiger partial charge in [0, 0.05) is 0 Å². The van der Waals surface area contributed by atoms with Gasteiger partial charge in [-0.25, -0.2) is 9.78 Å². The van der Waals surface area contributed by atoms with E-state index < -0.39 is 12.6 Å². The lowest BCUT2D eigenvalue weighted by Gasteiger charge is -2.13. The van der Waals surface area contributed by atoms with Gasteiger partial charge in [0.15, 0.2) is 23.9 Å². The third-order valence-electron chi connectivity index (χ3n) is 5.71. The number of carboxylic acid groups (broad SMARTS) is 1. The number of carbonyl (C=O) groups is 1. The Labute approximate surface area is 235 Å². The summed E-state index contributed by atoms with van der Waals surface area (Å²) in [4.78, 5) is 29.3. The highest BCUT2D eigenvalue weighted by molar-refractivity contribution is 14.1. The fraction of sp³-hybridized carbons (Fsp3) is 0.143. The molecule has 0 atom stereocenters. The van der Waals surface area contributed by atoms with Gasteiger partial charge < -0.3 is 23.7 Å². The van der Waals surface area contributed by atoms with Crippen molar-refractivity contribution in [3.05, 3.63) is 80.2 Å². The zero-order chi connectivity index (χ0) is 27.5. The largest absolute Gasteiger partial charge is 0.496 e. The summed E-state index contributed by atoms with van der Waals surface area (Å²) in [6.07, 6.45) is 1.50. The molecule has 3 aromatic carbocycles. The molecule has 0 aliphatic carbocycles. The van der Waals surface area contributed by atoms with Crippen LogP contribution in [0.3, 0.4) is 0 Å². The van der Waals surface area contributed by atoms with E-state index in [-0.39, 0.29) is 11.4 Å². The molecular formula is C28H22IN3O7. The van der Waals surface area contributed by atoms with Crippen molar-refractivity contribution in [2.45, 2.75) is 6.92 Å². The molecule has 1 N–H and O–H groups in total. The van der Waals surface area contributed by atoms with Gasteiger partial charge >= 0.3 is 5.97 Å². The molecule has 0 fully saturated rings. The predicted octanol–water partition coefficient (Wildman–Crippen LogP) is 5.17. The van der Waals surface area contributed by atoms with Crippen molar-refractivity contribution in [3.8, 4) is 28.8 Å². The molecular weight excluding hydrogens is 617 g/mol. The van der Waals surface area contributed by atoms with E-state index in [2.05, 4.69) is 5.10 Å². The second-order valence-electron chi connectivity index (χ2n) is 8.24. The number of furan rings is 1. The van der Waals surface area contributed by atoms with Gasteiger partial charge in [0.25, 0.3) is 5.56 Å². The van der Waals surface area contributed by atoms with Crippen LogP contribution in [0.4, 0.5) is 0 Å². The maximum absolute atomic E-state index is 13.6. The Bertz CT molecular complexity index is 1790. The number of aromatic nitrogens is 2. The minimum Gasteiger partial charge on any atom is -0.496 e. The number of ether oxygens (including phenoxy) is 3. The summed E-state index contributed by atoms with van der Waals surface area (Å²) in [7, 11) is 1.58. The normalized spacial score (nSPS) is 11.4. The maximum atomic E-state index is 13.6. The van der Waals surface area contributed by atoms with Crippen molar-refractivity contribution in [2.75, 3.05) is 20.3 Å². The molecule has 39 heavy (non-hydrogen) atoms. The Morgan fingerprint density at radius 3 is 2.69 bits per heavy atom. The fourth-order valence-corrected chi connectivity index (χ4v) is 4.82. The van der Waals surface area contributed by atoms with Crippen molar-refractivity contribution >= 4 is 56.6 Å². The van der Waals surface area contributed by atoms with Crippen LogP contribution in [0.15, 0.2) is 75.0 Å². The van der Waals surface area contributed by atoms with Gasteiger partial charge in [-0.2, -0.15) is 9.78 Å². The lowest BCUT2D eigenvalue weighted by Crippen LogP contribution is -2.20. The summed E-state index contributed by atoms with van der Waals surface area (Å²) < 4.78 is 24.4. The number of hydrogen-bond donors (Lipinski definition) is 1. The van der Waals surface area contributed by atoms with Crippen LogP contribution in [0, 0.1) is 3.57 Å². The molecule has 2 aromatic heterocycles. The third kappa shape index (κ3) is 5.30. The lowest BCUT2D eigenvalue weighted by atomic mass is 10.2. The van der Waals surface area contributed by atoms with Gasteiger partial charge in [-0.05, 0) is 77.5 Å². The summed E-state index contributed by atoms with van der Waals surface area (Å²) in [6, 6.07) is 17.6. The van der Waals surface area contributed by atoms with E-state index in [1.165, 1.54) is 10.9 Å². The predicted molar refractivity (Wildman–Crippen MR) is 154 cm³/mol. The molecule has 0 aliphatic heterocycles. The SMILES string of the molecule is CCOc1cc(C=Nn2c(-c3cc4c(OC)cccc4o3)nc3ccccc3c2=O)cc(I)c1OCC(=O)O. The number of methoxy groups -OCH3 is 1. The Kier molecular flexibility index (Phi) is 7.50. The average Bonchev–Trinajstić information content (AvgIpc) is 3.36. The molecule has 5 rings (SSSR count). The number of para-hydroxylation sites is 1. The van der Waals surface area contributed by atoms with E-state index in [1.807, 2.05) is 41.6 Å². The van der Waals surface area contributed by atoms with Crippen LogP contribution in [-0.2, 0) is 4.79 Å². The van der Waals surface area contributed by atoms with Crippen molar-refractivity contribution in [1.82, 2.24) is 9.66 Å². The summed E-state index contributed by atoms with van der Waals surface area (Å²) in [6.45, 7) is 1.64. The number of fused-ring (bicyclic) bond motifs is 2. The summed E-state index contributed by atoms with van der Waals surface area (Å²) >= 11 is 2.03. The van der Waals surface area contributed by atoms with E-state index in [0.29, 0.717) is 55.2 Å². The highest BCUT2D eigenvalue weighted by Crippen LogP contribution is 2.35. The molecule has 0 spiro atoms. The zero-order valence-electron chi connectivity index (χ0n) is 20.9. The van der Waals surface area contributed by atoms with E-state index in [9.17, 15) is 9.59 Å². The van der Waals surface area contributed by atoms with Gasteiger partial charge in [-0.1, -0.05) is 18.2 Å². The quantitative estimate of drug-likeness (QED) is 0.173. The number of rotatable bonds is 9. The molecule has 0 bridgehead atoms. The van der Waals surface area contributed by atoms with E-state index >= 15 is 0 Å². The molecule has 11 heteroatoms. The summed E-state index contributed by atoms with van der Waals surface area (Å²) in [5.74, 6) is 0.770. The van der Waals surface area contributed by atoms with Crippen molar-refractivity contribution < 1.29 is 28.5 Å². The molecule has 0 amide bonds. The van der Waals surface area contributed by atoms with Crippen LogP contribution in [-0.4, -0.2) is 47.3 Å². The molecule has 198 valence electrons. The molecule has 0 saturated heterocycles. The second kappa shape index (κ2) is 11.2. The number of carboxylic acids is 1. The molecule has 0 aliphatic rings. The average molecular weight is 639 g/mol. The van der Waals surface area contributed by atoms with Gasteiger partial charge in [-0.15, -0.1) is 0 Å². The Hall–Kier alpha value is -4.39. The first-order valence-corrected chi connectivity index (χ1v) is 12.9. The van der Waals surface area contributed by atoms with E-state index in [0.717, 1.165) is 5.39 Å². The molecule has 0 unspecified atom stereocenters. The van der Waals surface area contributed by atoms with Gasteiger partial charge in [0.05, 0.1) is 39.8 Å². The number of aliphatic carboxylic acids is 1. The van der Waals surface area contributed by atoms with E-state index in [4.69, 9.17) is 28.7 Å². The topological polar surface area (TPSA) is 125 Å². The molecule has 5 aromatic rings. The smallest absolute Gasteiger partial charge is 0.341 e. The number of halogens is 1. The molecule has 0 radical (unpaired) electrons. The first-order chi connectivity index (χ1) is 18.9. The summed E-state index contributed by atoms with van der Waals surface area (Å²) in [5.41, 5.74) is 1.31. The molecule has 0 saturated carbocycles. The number of nitrogens with zero attached hydrogens (tertiary/aromatic N) is 3. The van der Waals surface area contributed by atoms with Gasteiger partial charge in [0.2, 0.25) is 5.82 Å². The first-order valence-electron chi connectivity index (χ1n) is 11.8. The minimum absolute atomic E-state index is 0.217. The second-order valence-corrected chi connectivity index (χ2v) is 9.40. The van der Waals surface area contributed by atoms with Crippen LogP contribution in [0.2, 0.25) is 0 Å². The van der Waals surface area contributed by atoms with E-state index in [1.54, 1.807) is 55.6 Å². The standard InChI is InChI=1S/C28H22IN3O7/c1-3-37-23-12-16(11-19(29)26(23)38-15-25(33)34)14-30-32-27(31-20-8-5-4-7-17(20)28(32)35)24-13-18-21(36-2)9-6-10-22(18)39-24/h4-14H,3,15H2,1-2H3,(H,33,34).